The van der Waals surface area contributed by atoms with E-state index in [2.05, 4.69) is 16.0 Å². The van der Waals surface area contributed by atoms with Gasteiger partial charge < -0.3 is 16.0 Å². The Bertz CT molecular complexity index is 381. The second-order valence-electron chi connectivity index (χ2n) is 6.62. The third-order valence-corrected chi connectivity index (χ3v) is 4.86. The molecule has 0 aromatic carbocycles. The topological polar surface area (TPSA) is 70.2 Å². The Morgan fingerprint density at radius 2 is 1.90 bits per heavy atom. The van der Waals surface area contributed by atoms with Crippen LogP contribution in [0.2, 0.25) is 0 Å². The van der Waals surface area contributed by atoms with Crippen molar-refractivity contribution >= 4 is 11.8 Å². The summed E-state index contributed by atoms with van der Waals surface area (Å²) in [6.07, 6.45) is 8.04. The molecule has 2 amide bonds. The summed E-state index contributed by atoms with van der Waals surface area (Å²) in [4.78, 5) is 24.1. The molecule has 112 valence electrons. The predicted octanol–water partition coefficient (Wildman–Crippen LogP) is 0.690. The summed E-state index contributed by atoms with van der Waals surface area (Å²) in [6, 6.07) is 0.302. The quantitative estimate of drug-likeness (QED) is 0.709. The molecule has 3 aliphatic rings. The van der Waals surface area contributed by atoms with Crippen molar-refractivity contribution < 1.29 is 9.59 Å². The van der Waals surface area contributed by atoms with Gasteiger partial charge in [0.1, 0.15) is 6.04 Å². The van der Waals surface area contributed by atoms with Gasteiger partial charge in [-0.2, -0.15) is 0 Å². The van der Waals surface area contributed by atoms with E-state index in [9.17, 15) is 9.59 Å². The maximum absolute atomic E-state index is 12.3. The fraction of sp³-hybridized carbons (Fsp3) is 0.867. The molecule has 20 heavy (non-hydrogen) atoms. The highest BCUT2D eigenvalue weighted by atomic mass is 16.2. The molecule has 0 aromatic rings. The summed E-state index contributed by atoms with van der Waals surface area (Å²) in [6.45, 7) is 1.76. The molecule has 5 nitrogen and oxygen atoms in total. The largest absolute Gasteiger partial charge is 0.352 e. The highest BCUT2D eigenvalue weighted by molar-refractivity contribution is 5.89. The average Bonchev–Trinajstić information content (AvgIpc) is 3.13. The van der Waals surface area contributed by atoms with Gasteiger partial charge in [0.2, 0.25) is 11.8 Å². The number of carbonyl (C=O) groups excluding carboxylic acids is 2. The number of hydrogen-bond donors (Lipinski definition) is 3. The molecule has 2 saturated carbocycles. The molecule has 3 rings (SSSR count). The molecule has 1 aliphatic heterocycles. The zero-order chi connectivity index (χ0) is 14.1. The first-order valence-corrected chi connectivity index (χ1v) is 8.00. The second-order valence-corrected chi connectivity index (χ2v) is 6.62. The molecule has 0 aromatic heterocycles. The lowest BCUT2D eigenvalue weighted by Crippen LogP contribution is -2.51. The van der Waals surface area contributed by atoms with Crippen molar-refractivity contribution in [3.8, 4) is 0 Å². The van der Waals surface area contributed by atoms with Gasteiger partial charge in [0.25, 0.3) is 0 Å². The minimum atomic E-state index is -0.437. The molecule has 0 spiro atoms. The molecule has 3 N–H and O–H groups in total. The van der Waals surface area contributed by atoms with E-state index in [4.69, 9.17) is 0 Å². The van der Waals surface area contributed by atoms with Gasteiger partial charge >= 0.3 is 0 Å². The van der Waals surface area contributed by atoms with Crippen LogP contribution in [-0.2, 0) is 9.59 Å². The fourth-order valence-corrected chi connectivity index (χ4v) is 3.45. The summed E-state index contributed by atoms with van der Waals surface area (Å²) in [5, 5.41) is 9.22. The van der Waals surface area contributed by atoms with Crippen LogP contribution < -0.4 is 16.0 Å². The summed E-state index contributed by atoms with van der Waals surface area (Å²) < 4.78 is 0. The van der Waals surface area contributed by atoms with E-state index in [0.29, 0.717) is 18.0 Å². The van der Waals surface area contributed by atoms with Crippen LogP contribution in [0.25, 0.3) is 0 Å². The number of hydrogen-bond acceptors (Lipinski definition) is 3. The minimum absolute atomic E-state index is 0.0159. The van der Waals surface area contributed by atoms with Crippen molar-refractivity contribution in [2.24, 2.45) is 5.92 Å². The first kappa shape index (κ1) is 13.9. The third kappa shape index (κ3) is 3.14. The highest BCUT2D eigenvalue weighted by Gasteiger charge is 2.38. The van der Waals surface area contributed by atoms with Crippen LogP contribution in [0.1, 0.15) is 51.9 Å². The standard InChI is InChI=1S/C15H25N3O2/c1-9(14(19)17-11-6-7-11)16-15(20)13-8-10-4-2-3-5-12(10)18-13/h9-13,18H,2-8H2,1H3,(H,16,20)(H,17,19). The van der Waals surface area contributed by atoms with Gasteiger partial charge in [-0.15, -0.1) is 0 Å². The summed E-state index contributed by atoms with van der Waals surface area (Å²) >= 11 is 0. The smallest absolute Gasteiger partial charge is 0.242 e. The van der Waals surface area contributed by atoms with Crippen molar-refractivity contribution in [2.45, 2.75) is 76.0 Å². The van der Waals surface area contributed by atoms with E-state index in [-0.39, 0.29) is 17.9 Å². The number of nitrogens with one attached hydrogen (secondary N) is 3. The lowest BCUT2D eigenvalue weighted by molar-refractivity contribution is -0.129. The third-order valence-electron chi connectivity index (χ3n) is 4.86. The van der Waals surface area contributed by atoms with Crippen LogP contribution in [0.3, 0.4) is 0 Å². The Morgan fingerprint density at radius 3 is 2.60 bits per heavy atom. The van der Waals surface area contributed by atoms with E-state index >= 15 is 0 Å². The summed E-state index contributed by atoms with van der Waals surface area (Å²) in [5.41, 5.74) is 0. The van der Waals surface area contributed by atoms with E-state index in [1.807, 2.05) is 0 Å². The maximum Gasteiger partial charge on any atom is 0.242 e. The van der Waals surface area contributed by atoms with E-state index in [1.165, 1.54) is 25.7 Å². The van der Waals surface area contributed by atoms with Gasteiger partial charge in [-0.25, -0.2) is 0 Å². The number of amides is 2. The zero-order valence-corrected chi connectivity index (χ0v) is 12.2. The van der Waals surface area contributed by atoms with Crippen molar-refractivity contribution in [3.63, 3.8) is 0 Å². The van der Waals surface area contributed by atoms with Gasteiger partial charge in [-0.05, 0) is 44.9 Å². The van der Waals surface area contributed by atoms with Crippen LogP contribution in [0.15, 0.2) is 0 Å². The average molecular weight is 279 g/mol. The van der Waals surface area contributed by atoms with Crippen LogP contribution >= 0.6 is 0 Å². The summed E-state index contributed by atoms with van der Waals surface area (Å²) in [7, 11) is 0. The normalized spacial score (nSPS) is 34.1. The van der Waals surface area contributed by atoms with Crippen LogP contribution in [0, 0.1) is 5.92 Å². The lowest BCUT2D eigenvalue weighted by Gasteiger charge is -2.24. The first-order valence-electron chi connectivity index (χ1n) is 8.00. The Kier molecular flexibility index (Phi) is 3.96. The van der Waals surface area contributed by atoms with E-state index in [0.717, 1.165) is 19.3 Å². The van der Waals surface area contributed by atoms with Crippen molar-refractivity contribution in [2.75, 3.05) is 0 Å². The summed E-state index contributed by atoms with van der Waals surface area (Å²) in [5.74, 6) is 0.573. The molecule has 1 heterocycles. The molecule has 4 unspecified atom stereocenters. The minimum Gasteiger partial charge on any atom is -0.352 e. The molecule has 3 fully saturated rings. The Morgan fingerprint density at radius 1 is 1.15 bits per heavy atom. The highest BCUT2D eigenvalue weighted by Crippen LogP contribution is 2.33. The Hall–Kier alpha value is -1.10. The van der Waals surface area contributed by atoms with Gasteiger partial charge in [0.05, 0.1) is 6.04 Å². The molecule has 0 radical (unpaired) electrons. The maximum atomic E-state index is 12.3. The van der Waals surface area contributed by atoms with Crippen LogP contribution in [-0.4, -0.2) is 36.0 Å². The number of rotatable bonds is 4. The Labute approximate surface area is 120 Å². The number of carbonyl (C=O) groups is 2. The van der Waals surface area contributed by atoms with E-state index in [1.54, 1.807) is 6.92 Å². The predicted molar refractivity (Wildman–Crippen MR) is 76.1 cm³/mol. The SMILES string of the molecule is CC(NC(=O)C1CC2CCCCC2N1)C(=O)NC1CC1. The first-order chi connectivity index (χ1) is 9.63. The monoisotopic (exact) mass is 279 g/mol. The zero-order valence-electron chi connectivity index (χ0n) is 12.2. The van der Waals surface area contributed by atoms with Crippen LogP contribution in [0.4, 0.5) is 0 Å². The van der Waals surface area contributed by atoms with Crippen molar-refractivity contribution in [1.82, 2.24) is 16.0 Å². The van der Waals surface area contributed by atoms with Crippen molar-refractivity contribution in [1.29, 1.82) is 0 Å². The molecule has 5 heteroatoms. The molecule has 2 aliphatic carbocycles. The molecule has 0 bridgehead atoms. The molecule has 1 saturated heterocycles. The van der Waals surface area contributed by atoms with E-state index < -0.39 is 6.04 Å². The van der Waals surface area contributed by atoms with Gasteiger partial charge in [0.15, 0.2) is 0 Å². The molecular formula is C15H25N3O2. The number of fused-ring (bicyclic) bond motifs is 1. The van der Waals surface area contributed by atoms with Crippen molar-refractivity contribution in [3.05, 3.63) is 0 Å². The van der Waals surface area contributed by atoms with Crippen LogP contribution in [0.5, 0.6) is 0 Å². The second kappa shape index (κ2) is 5.72. The van der Waals surface area contributed by atoms with Gasteiger partial charge in [-0.3, -0.25) is 9.59 Å². The fourth-order valence-electron chi connectivity index (χ4n) is 3.45. The molecule has 4 atom stereocenters. The molecular weight excluding hydrogens is 254 g/mol. The van der Waals surface area contributed by atoms with Gasteiger partial charge in [-0.1, -0.05) is 12.8 Å². The van der Waals surface area contributed by atoms with Gasteiger partial charge in [0, 0.05) is 12.1 Å². The Balaban J connectivity index is 1.47. The lowest BCUT2D eigenvalue weighted by atomic mass is 9.85.